The van der Waals surface area contributed by atoms with Gasteiger partial charge >= 0.3 is 0 Å². The Morgan fingerprint density at radius 2 is 1.78 bits per heavy atom. The Bertz CT molecular complexity index is 504. The first kappa shape index (κ1) is 16.3. The van der Waals surface area contributed by atoms with Crippen LogP contribution in [0.4, 0.5) is 0 Å². The van der Waals surface area contributed by atoms with Gasteiger partial charge in [0.05, 0.1) is 6.61 Å². The van der Waals surface area contributed by atoms with Gasteiger partial charge < -0.3 is 19.7 Å². The van der Waals surface area contributed by atoms with Crippen molar-refractivity contribution in [2.75, 3.05) is 46.5 Å². The van der Waals surface area contributed by atoms with Crippen LogP contribution in [0.25, 0.3) is 0 Å². The van der Waals surface area contributed by atoms with E-state index in [9.17, 15) is 4.79 Å². The number of carbonyl (C=O) groups excluding carboxylic acids is 1. The van der Waals surface area contributed by atoms with Crippen LogP contribution in [0.2, 0.25) is 0 Å². The van der Waals surface area contributed by atoms with Crippen molar-refractivity contribution in [1.29, 1.82) is 0 Å². The smallest absolute Gasteiger partial charge is 0.253 e. The topological polar surface area (TPSA) is 50.8 Å². The highest BCUT2D eigenvalue weighted by molar-refractivity contribution is 5.94. The van der Waals surface area contributed by atoms with Crippen LogP contribution in [0, 0.1) is 11.8 Å². The largest absolute Gasteiger partial charge is 0.491 e. The fraction of sp³-hybridized carbons (Fsp3) is 0.611. The highest BCUT2D eigenvalue weighted by Crippen LogP contribution is 2.27. The van der Waals surface area contributed by atoms with Gasteiger partial charge in [-0.25, -0.2) is 0 Å². The zero-order valence-electron chi connectivity index (χ0n) is 13.8. The van der Waals surface area contributed by atoms with Gasteiger partial charge in [0.1, 0.15) is 12.4 Å². The molecule has 3 rings (SSSR count). The van der Waals surface area contributed by atoms with E-state index in [1.807, 2.05) is 29.2 Å². The van der Waals surface area contributed by atoms with E-state index in [0.717, 1.165) is 62.2 Å². The summed E-state index contributed by atoms with van der Waals surface area (Å²) in [6.07, 6.45) is 2.23. The Morgan fingerprint density at radius 3 is 2.39 bits per heavy atom. The highest BCUT2D eigenvalue weighted by atomic mass is 16.5. The highest BCUT2D eigenvalue weighted by Gasteiger charge is 2.31. The quantitative estimate of drug-likeness (QED) is 0.841. The van der Waals surface area contributed by atoms with Crippen molar-refractivity contribution in [3.63, 3.8) is 0 Å². The van der Waals surface area contributed by atoms with Crippen molar-refractivity contribution in [2.24, 2.45) is 11.8 Å². The van der Waals surface area contributed by atoms with Gasteiger partial charge in [0.15, 0.2) is 0 Å². The monoisotopic (exact) mass is 318 g/mol. The van der Waals surface area contributed by atoms with Crippen molar-refractivity contribution in [1.82, 2.24) is 10.2 Å². The van der Waals surface area contributed by atoms with E-state index in [1.54, 1.807) is 7.11 Å². The van der Waals surface area contributed by atoms with Gasteiger partial charge in [0, 0.05) is 25.8 Å². The van der Waals surface area contributed by atoms with E-state index in [-0.39, 0.29) is 5.91 Å². The van der Waals surface area contributed by atoms with Gasteiger partial charge in [-0.1, -0.05) is 0 Å². The van der Waals surface area contributed by atoms with Crippen molar-refractivity contribution in [2.45, 2.75) is 12.8 Å². The molecule has 5 heteroatoms. The lowest BCUT2D eigenvalue weighted by Gasteiger charge is -2.21. The number of nitrogens with one attached hydrogen (secondary N) is 1. The molecule has 2 aliphatic rings. The summed E-state index contributed by atoms with van der Waals surface area (Å²) in [5, 5.41) is 3.47. The number of hydrogen-bond acceptors (Lipinski definition) is 4. The zero-order valence-corrected chi connectivity index (χ0v) is 13.8. The van der Waals surface area contributed by atoms with Crippen molar-refractivity contribution in [3.8, 4) is 5.75 Å². The SMILES string of the molecule is COCCOc1ccc(C(=O)N2CC[C@@H]3CNC[C@@H]3CC2)cc1. The van der Waals surface area contributed by atoms with Crippen LogP contribution in [-0.2, 0) is 4.74 Å². The van der Waals surface area contributed by atoms with E-state index in [1.165, 1.54) is 0 Å². The number of nitrogens with zero attached hydrogens (tertiary/aromatic N) is 1. The molecule has 0 saturated carbocycles. The Balaban J connectivity index is 1.57. The summed E-state index contributed by atoms with van der Waals surface area (Å²) in [5.74, 6) is 2.39. The third-order valence-electron chi connectivity index (χ3n) is 4.96. The zero-order chi connectivity index (χ0) is 16.1. The van der Waals surface area contributed by atoms with Crippen LogP contribution in [-0.4, -0.2) is 57.3 Å². The Labute approximate surface area is 137 Å². The minimum atomic E-state index is 0.140. The van der Waals surface area contributed by atoms with Gasteiger partial charge in [-0.15, -0.1) is 0 Å². The number of methoxy groups -OCH3 is 1. The van der Waals surface area contributed by atoms with Gasteiger partial charge in [0.2, 0.25) is 0 Å². The fourth-order valence-electron chi connectivity index (χ4n) is 3.54. The normalized spacial score (nSPS) is 24.1. The van der Waals surface area contributed by atoms with Crippen LogP contribution < -0.4 is 10.1 Å². The number of amides is 1. The molecule has 2 fully saturated rings. The van der Waals surface area contributed by atoms with Crippen LogP contribution in [0.15, 0.2) is 24.3 Å². The maximum absolute atomic E-state index is 12.7. The van der Waals surface area contributed by atoms with E-state index >= 15 is 0 Å². The number of fused-ring (bicyclic) bond motifs is 1. The van der Waals surface area contributed by atoms with E-state index in [0.29, 0.717) is 13.2 Å². The van der Waals surface area contributed by atoms with Gasteiger partial charge in [-0.2, -0.15) is 0 Å². The minimum absolute atomic E-state index is 0.140. The average Bonchev–Trinajstić information content (AvgIpc) is 2.94. The second-order valence-electron chi connectivity index (χ2n) is 6.41. The molecule has 5 nitrogen and oxygen atoms in total. The lowest BCUT2D eigenvalue weighted by atomic mass is 9.92. The molecule has 1 amide bonds. The van der Waals surface area contributed by atoms with Crippen LogP contribution >= 0.6 is 0 Å². The lowest BCUT2D eigenvalue weighted by Crippen LogP contribution is -2.32. The summed E-state index contributed by atoms with van der Waals surface area (Å²) in [6.45, 7) is 5.04. The number of hydrogen-bond donors (Lipinski definition) is 1. The summed E-state index contributed by atoms with van der Waals surface area (Å²) in [4.78, 5) is 14.7. The Morgan fingerprint density at radius 1 is 1.13 bits per heavy atom. The second kappa shape index (κ2) is 7.79. The molecule has 0 aromatic heterocycles. The third kappa shape index (κ3) is 4.03. The first-order chi connectivity index (χ1) is 11.3. The molecular formula is C18H26N2O3. The minimum Gasteiger partial charge on any atom is -0.491 e. The Kier molecular flexibility index (Phi) is 5.51. The number of likely N-dealkylation sites (tertiary alicyclic amines) is 1. The van der Waals surface area contributed by atoms with E-state index in [4.69, 9.17) is 9.47 Å². The molecule has 1 N–H and O–H groups in total. The van der Waals surface area contributed by atoms with Crippen molar-refractivity contribution < 1.29 is 14.3 Å². The van der Waals surface area contributed by atoms with Crippen molar-refractivity contribution >= 4 is 5.91 Å². The van der Waals surface area contributed by atoms with Gasteiger partial charge in [-0.3, -0.25) is 4.79 Å². The van der Waals surface area contributed by atoms with E-state index in [2.05, 4.69) is 5.32 Å². The van der Waals surface area contributed by atoms with Crippen LogP contribution in [0.5, 0.6) is 5.75 Å². The molecule has 0 bridgehead atoms. The van der Waals surface area contributed by atoms with Crippen molar-refractivity contribution in [3.05, 3.63) is 29.8 Å². The molecule has 126 valence electrons. The summed E-state index contributed by atoms with van der Waals surface area (Å²) >= 11 is 0. The maximum Gasteiger partial charge on any atom is 0.253 e. The molecule has 0 spiro atoms. The number of rotatable bonds is 5. The first-order valence-corrected chi connectivity index (χ1v) is 8.49. The summed E-state index contributed by atoms with van der Waals surface area (Å²) in [6, 6.07) is 7.44. The summed E-state index contributed by atoms with van der Waals surface area (Å²) in [5.41, 5.74) is 0.745. The van der Waals surface area contributed by atoms with E-state index < -0.39 is 0 Å². The van der Waals surface area contributed by atoms with Crippen LogP contribution in [0.3, 0.4) is 0 Å². The summed E-state index contributed by atoms with van der Waals surface area (Å²) < 4.78 is 10.5. The molecule has 2 heterocycles. The van der Waals surface area contributed by atoms with Gasteiger partial charge in [-0.05, 0) is 62.0 Å². The summed E-state index contributed by atoms with van der Waals surface area (Å²) in [7, 11) is 1.65. The van der Waals surface area contributed by atoms with Crippen LogP contribution in [0.1, 0.15) is 23.2 Å². The average molecular weight is 318 g/mol. The molecule has 2 atom stereocenters. The molecule has 2 saturated heterocycles. The third-order valence-corrected chi connectivity index (χ3v) is 4.96. The predicted molar refractivity (Wildman–Crippen MR) is 88.8 cm³/mol. The molecular weight excluding hydrogens is 292 g/mol. The standard InChI is InChI=1S/C18H26N2O3/c1-22-10-11-23-17-4-2-14(3-5-17)18(21)20-8-6-15-12-19-13-16(15)7-9-20/h2-5,15-16,19H,6-13H2,1H3/t15-,16+. The number of carbonyl (C=O) groups is 1. The second-order valence-corrected chi connectivity index (χ2v) is 6.41. The maximum atomic E-state index is 12.7. The Hall–Kier alpha value is -1.59. The molecule has 2 aliphatic heterocycles. The molecule has 1 aromatic carbocycles. The molecule has 0 radical (unpaired) electrons. The molecule has 1 aromatic rings. The fourth-order valence-corrected chi connectivity index (χ4v) is 3.54. The molecule has 0 unspecified atom stereocenters. The van der Waals surface area contributed by atoms with Gasteiger partial charge in [0.25, 0.3) is 5.91 Å². The number of ether oxygens (including phenoxy) is 2. The number of benzene rings is 1. The first-order valence-electron chi connectivity index (χ1n) is 8.49. The predicted octanol–water partition coefficient (Wildman–Crippen LogP) is 1.78. The molecule has 23 heavy (non-hydrogen) atoms. The lowest BCUT2D eigenvalue weighted by molar-refractivity contribution is 0.0758. The molecule has 0 aliphatic carbocycles.